The SMILES string of the molecule is CCCCCC(=O)N(Cc1ccc(F)cc1)Cc1nc(C(=O)NCc2ccc(F)cc2)cs1. The van der Waals surface area contributed by atoms with Gasteiger partial charge in [0.1, 0.15) is 22.3 Å². The lowest BCUT2D eigenvalue weighted by Gasteiger charge is -2.22. The second-order valence-electron chi connectivity index (χ2n) is 7.77. The van der Waals surface area contributed by atoms with E-state index in [9.17, 15) is 18.4 Å². The van der Waals surface area contributed by atoms with Gasteiger partial charge in [-0.3, -0.25) is 9.59 Å². The molecule has 0 aliphatic rings. The summed E-state index contributed by atoms with van der Waals surface area (Å²) in [5.74, 6) is -0.981. The topological polar surface area (TPSA) is 62.3 Å². The van der Waals surface area contributed by atoms with Crippen molar-refractivity contribution in [1.29, 1.82) is 0 Å². The Morgan fingerprint density at radius 2 is 1.58 bits per heavy atom. The summed E-state index contributed by atoms with van der Waals surface area (Å²) in [6.07, 6.45) is 3.25. The number of nitrogens with zero attached hydrogens (tertiary/aromatic N) is 2. The van der Waals surface area contributed by atoms with Gasteiger partial charge in [-0.25, -0.2) is 13.8 Å². The highest BCUT2D eigenvalue weighted by Gasteiger charge is 2.18. The zero-order valence-corrected chi connectivity index (χ0v) is 19.3. The Bertz CT molecular complexity index is 1050. The molecule has 0 fully saturated rings. The van der Waals surface area contributed by atoms with Gasteiger partial charge in [0, 0.05) is 24.9 Å². The fraction of sp³-hybridized carbons (Fsp3) is 0.320. The molecule has 1 heterocycles. The first kappa shape index (κ1) is 24.5. The number of aromatic nitrogens is 1. The van der Waals surface area contributed by atoms with Crippen LogP contribution in [-0.2, 0) is 24.4 Å². The van der Waals surface area contributed by atoms with E-state index < -0.39 is 0 Å². The number of hydrogen-bond donors (Lipinski definition) is 1. The Morgan fingerprint density at radius 3 is 2.21 bits per heavy atom. The van der Waals surface area contributed by atoms with Crippen molar-refractivity contribution in [2.24, 2.45) is 0 Å². The number of halogens is 2. The minimum atomic E-state index is -0.332. The van der Waals surface area contributed by atoms with Gasteiger partial charge < -0.3 is 10.2 Å². The van der Waals surface area contributed by atoms with E-state index in [0.29, 0.717) is 18.0 Å². The quantitative estimate of drug-likeness (QED) is 0.378. The highest BCUT2D eigenvalue weighted by Crippen LogP contribution is 2.17. The smallest absolute Gasteiger partial charge is 0.271 e. The van der Waals surface area contributed by atoms with Crippen LogP contribution in [-0.4, -0.2) is 21.7 Å². The third kappa shape index (κ3) is 7.75. The minimum Gasteiger partial charge on any atom is -0.347 e. The van der Waals surface area contributed by atoms with Gasteiger partial charge in [0.15, 0.2) is 0 Å². The normalized spacial score (nSPS) is 10.8. The van der Waals surface area contributed by atoms with Crippen molar-refractivity contribution >= 4 is 23.2 Å². The summed E-state index contributed by atoms with van der Waals surface area (Å²) in [6, 6.07) is 12.0. The van der Waals surface area contributed by atoms with Gasteiger partial charge in [-0.1, -0.05) is 44.0 Å². The molecule has 2 aromatic carbocycles. The summed E-state index contributed by atoms with van der Waals surface area (Å²) < 4.78 is 26.3. The average Bonchev–Trinajstić information content (AvgIpc) is 3.28. The van der Waals surface area contributed by atoms with Crippen molar-refractivity contribution in [3.8, 4) is 0 Å². The van der Waals surface area contributed by atoms with E-state index in [1.807, 2.05) is 0 Å². The molecular formula is C25H27F2N3O2S. The Labute approximate surface area is 196 Å². The molecule has 2 amide bonds. The second-order valence-corrected chi connectivity index (χ2v) is 8.71. The van der Waals surface area contributed by atoms with Crippen molar-refractivity contribution in [3.05, 3.63) is 87.4 Å². The van der Waals surface area contributed by atoms with E-state index in [1.54, 1.807) is 34.5 Å². The standard InChI is InChI=1S/C25H27F2N3O2S/c1-2-3-4-5-24(31)30(15-19-8-12-21(27)13-9-19)16-23-29-22(17-33-23)25(32)28-14-18-6-10-20(26)11-7-18/h6-13,17H,2-5,14-16H2,1H3,(H,28,32). The Hall–Kier alpha value is -3.13. The van der Waals surface area contributed by atoms with Crippen LogP contribution in [0.2, 0.25) is 0 Å². The van der Waals surface area contributed by atoms with Crippen molar-refractivity contribution in [2.45, 2.75) is 52.2 Å². The van der Waals surface area contributed by atoms with Gasteiger partial charge in [0.2, 0.25) is 5.91 Å². The van der Waals surface area contributed by atoms with Gasteiger partial charge in [0.05, 0.1) is 6.54 Å². The molecule has 0 atom stereocenters. The van der Waals surface area contributed by atoms with Crippen LogP contribution in [0.4, 0.5) is 8.78 Å². The maximum absolute atomic E-state index is 13.3. The van der Waals surface area contributed by atoms with Crippen LogP contribution in [0.25, 0.3) is 0 Å². The van der Waals surface area contributed by atoms with Crippen LogP contribution < -0.4 is 5.32 Å². The van der Waals surface area contributed by atoms with Crippen molar-refractivity contribution in [2.75, 3.05) is 0 Å². The first-order chi connectivity index (χ1) is 15.9. The number of carbonyl (C=O) groups is 2. The van der Waals surface area contributed by atoms with Crippen LogP contribution in [0.5, 0.6) is 0 Å². The van der Waals surface area contributed by atoms with Gasteiger partial charge in [-0.15, -0.1) is 11.3 Å². The van der Waals surface area contributed by atoms with E-state index in [-0.39, 0.29) is 42.2 Å². The molecule has 0 unspecified atom stereocenters. The number of amides is 2. The predicted octanol–water partition coefficient (Wildman–Crippen LogP) is 5.46. The molecule has 0 bridgehead atoms. The first-order valence-corrected chi connectivity index (χ1v) is 11.8. The molecule has 0 saturated carbocycles. The second kappa shape index (κ2) is 12.2. The predicted molar refractivity (Wildman–Crippen MR) is 124 cm³/mol. The largest absolute Gasteiger partial charge is 0.347 e. The van der Waals surface area contributed by atoms with Crippen LogP contribution >= 0.6 is 11.3 Å². The van der Waals surface area contributed by atoms with E-state index >= 15 is 0 Å². The number of hydrogen-bond acceptors (Lipinski definition) is 4. The molecule has 3 rings (SSSR count). The lowest BCUT2D eigenvalue weighted by Crippen LogP contribution is -2.30. The van der Waals surface area contributed by atoms with Crippen LogP contribution in [0.15, 0.2) is 53.9 Å². The molecule has 33 heavy (non-hydrogen) atoms. The van der Waals surface area contributed by atoms with E-state index in [1.165, 1.54) is 35.6 Å². The van der Waals surface area contributed by atoms with Gasteiger partial charge in [0.25, 0.3) is 5.91 Å². The Balaban J connectivity index is 1.63. The molecule has 0 aliphatic heterocycles. The lowest BCUT2D eigenvalue weighted by atomic mass is 10.1. The number of benzene rings is 2. The molecule has 0 radical (unpaired) electrons. The summed E-state index contributed by atoms with van der Waals surface area (Å²) in [5, 5.41) is 5.08. The molecule has 0 saturated heterocycles. The molecule has 3 aromatic rings. The number of unbranched alkanes of at least 4 members (excludes halogenated alkanes) is 2. The number of thiazole rings is 1. The van der Waals surface area contributed by atoms with Crippen molar-refractivity contribution in [3.63, 3.8) is 0 Å². The number of rotatable bonds is 11. The zero-order chi connectivity index (χ0) is 23.6. The Kier molecular flexibility index (Phi) is 9.06. The average molecular weight is 472 g/mol. The molecule has 5 nitrogen and oxygen atoms in total. The van der Waals surface area contributed by atoms with Crippen LogP contribution in [0, 0.1) is 11.6 Å². The maximum atomic E-state index is 13.3. The van der Waals surface area contributed by atoms with Crippen molar-refractivity contribution < 1.29 is 18.4 Å². The molecule has 174 valence electrons. The Morgan fingerprint density at radius 1 is 0.939 bits per heavy atom. The van der Waals surface area contributed by atoms with Crippen LogP contribution in [0.3, 0.4) is 0 Å². The van der Waals surface area contributed by atoms with E-state index in [4.69, 9.17) is 0 Å². The summed E-state index contributed by atoms with van der Waals surface area (Å²) in [4.78, 5) is 31.4. The lowest BCUT2D eigenvalue weighted by molar-refractivity contribution is -0.132. The summed E-state index contributed by atoms with van der Waals surface area (Å²) >= 11 is 1.31. The fourth-order valence-electron chi connectivity index (χ4n) is 3.25. The van der Waals surface area contributed by atoms with E-state index in [0.717, 1.165) is 30.4 Å². The van der Waals surface area contributed by atoms with Crippen LogP contribution in [0.1, 0.15) is 59.2 Å². The highest BCUT2D eigenvalue weighted by molar-refractivity contribution is 7.09. The van der Waals surface area contributed by atoms with E-state index in [2.05, 4.69) is 17.2 Å². The molecule has 8 heteroatoms. The summed E-state index contributed by atoms with van der Waals surface area (Å²) in [7, 11) is 0. The minimum absolute atomic E-state index is 0.00489. The third-order valence-corrected chi connectivity index (χ3v) is 5.94. The first-order valence-electron chi connectivity index (χ1n) is 10.9. The maximum Gasteiger partial charge on any atom is 0.271 e. The van der Waals surface area contributed by atoms with Crippen molar-refractivity contribution in [1.82, 2.24) is 15.2 Å². The molecule has 0 spiro atoms. The molecule has 1 N–H and O–H groups in total. The highest BCUT2D eigenvalue weighted by atomic mass is 32.1. The number of nitrogens with one attached hydrogen (secondary N) is 1. The van der Waals surface area contributed by atoms with Gasteiger partial charge in [-0.2, -0.15) is 0 Å². The van der Waals surface area contributed by atoms with Gasteiger partial charge in [-0.05, 0) is 41.8 Å². The zero-order valence-electron chi connectivity index (χ0n) is 18.5. The monoisotopic (exact) mass is 471 g/mol. The third-order valence-electron chi connectivity index (χ3n) is 5.11. The fourth-order valence-corrected chi connectivity index (χ4v) is 4.04. The molecule has 0 aliphatic carbocycles. The summed E-state index contributed by atoms with van der Waals surface area (Å²) in [6.45, 7) is 2.97. The molecular weight excluding hydrogens is 444 g/mol. The van der Waals surface area contributed by atoms with Gasteiger partial charge >= 0.3 is 0 Å². The number of carbonyl (C=O) groups excluding carboxylic acids is 2. The summed E-state index contributed by atoms with van der Waals surface area (Å²) in [5.41, 5.74) is 1.88. The molecule has 1 aromatic heterocycles.